The number of rotatable bonds is 8. The molecule has 1 aliphatic rings. The number of fused-ring (bicyclic) bond motifs is 1. The molecule has 4 aromatic rings. The van der Waals surface area contributed by atoms with E-state index in [1.165, 1.54) is 28.0 Å². The van der Waals surface area contributed by atoms with E-state index in [0.717, 1.165) is 17.8 Å². The van der Waals surface area contributed by atoms with Gasteiger partial charge in [-0.05, 0) is 62.2 Å². The van der Waals surface area contributed by atoms with Crippen LogP contribution >= 0.6 is 11.3 Å². The number of amides is 1. The van der Waals surface area contributed by atoms with Crippen LogP contribution in [0.1, 0.15) is 57.1 Å². The van der Waals surface area contributed by atoms with E-state index >= 15 is 0 Å². The van der Waals surface area contributed by atoms with E-state index in [1.807, 2.05) is 6.92 Å². The van der Waals surface area contributed by atoms with Gasteiger partial charge in [-0.3, -0.25) is 9.59 Å². The molecule has 1 saturated carbocycles. The van der Waals surface area contributed by atoms with Crippen molar-refractivity contribution < 1.29 is 19.1 Å². The molecule has 0 aliphatic heterocycles. The summed E-state index contributed by atoms with van der Waals surface area (Å²) in [6.45, 7) is 2.28. The Morgan fingerprint density at radius 3 is 2.66 bits per heavy atom. The molecule has 2 heterocycles. The third-order valence-electron chi connectivity index (χ3n) is 5.38. The summed E-state index contributed by atoms with van der Waals surface area (Å²) in [5.41, 5.74) is 1.23. The SMILES string of the molecule is CCOc1ccc(C(=O)Nc2cccc(C(=O)OCc3cc(=O)n4nc(C5CC5)sc4n3)c2)cc1. The predicted molar refractivity (Wildman–Crippen MR) is 130 cm³/mol. The van der Waals surface area contributed by atoms with Crippen LogP contribution in [0.4, 0.5) is 5.69 Å². The number of nitrogens with one attached hydrogen (secondary N) is 1. The van der Waals surface area contributed by atoms with Gasteiger partial charge >= 0.3 is 5.97 Å². The highest BCUT2D eigenvalue weighted by Gasteiger charge is 2.28. The predicted octanol–water partition coefficient (Wildman–Crippen LogP) is 4.04. The maximum absolute atomic E-state index is 12.6. The van der Waals surface area contributed by atoms with Gasteiger partial charge in [-0.25, -0.2) is 9.78 Å². The number of aromatic nitrogens is 3. The second-order valence-corrected chi connectivity index (χ2v) is 9.05. The van der Waals surface area contributed by atoms with Crippen LogP contribution in [-0.2, 0) is 11.3 Å². The molecule has 1 amide bonds. The van der Waals surface area contributed by atoms with Gasteiger partial charge in [0.05, 0.1) is 17.9 Å². The smallest absolute Gasteiger partial charge is 0.338 e. The fraction of sp³-hybridized carbons (Fsp3) is 0.240. The highest BCUT2D eigenvalue weighted by molar-refractivity contribution is 7.16. The lowest BCUT2D eigenvalue weighted by atomic mass is 10.1. The standard InChI is InChI=1S/C25H22N4O5S/c1-2-33-20-10-8-15(9-11-20)22(31)26-18-5-3-4-17(12-18)24(32)34-14-19-13-21(30)29-25(27-19)35-23(28-29)16-6-7-16/h3-5,8-13,16H,2,6-7,14H2,1H3,(H,26,31). The fourth-order valence-electron chi connectivity index (χ4n) is 3.46. The first-order chi connectivity index (χ1) is 17.0. The number of hydrogen-bond donors (Lipinski definition) is 1. The van der Waals surface area contributed by atoms with Crippen LogP contribution in [0.25, 0.3) is 4.96 Å². The zero-order valence-corrected chi connectivity index (χ0v) is 19.7. The first kappa shape index (κ1) is 22.7. The Morgan fingerprint density at radius 2 is 1.91 bits per heavy atom. The molecule has 1 aliphatic carbocycles. The third kappa shape index (κ3) is 5.22. The molecule has 35 heavy (non-hydrogen) atoms. The van der Waals surface area contributed by atoms with Crippen LogP contribution in [0.15, 0.2) is 59.4 Å². The topological polar surface area (TPSA) is 112 Å². The van der Waals surface area contributed by atoms with Gasteiger partial charge in [0.25, 0.3) is 11.5 Å². The highest BCUT2D eigenvalue weighted by atomic mass is 32.1. The molecule has 0 unspecified atom stereocenters. The third-order valence-corrected chi connectivity index (χ3v) is 6.45. The Bertz CT molecular complexity index is 1460. The summed E-state index contributed by atoms with van der Waals surface area (Å²) in [4.78, 5) is 42.4. The Labute approximate surface area is 204 Å². The summed E-state index contributed by atoms with van der Waals surface area (Å²) in [5.74, 6) is 0.201. The van der Waals surface area contributed by atoms with Gasteiger partial charge in [0.1, 0.15) is 17.4 Å². The molecule has 0 radical (unpaired) electrons. The van der Waals surface area contributed by atoms with Gasteiger partial charge in [0, 0.05) is 23.2 Å². The number of benzene rings is 2. The van der Waals surface area contributed by atoms with Crippen LogP contribution < -0.4 is 15.6 Å². The fourth-order valence-corrected chi connectivity index (χ4v) is 4.55. The Kier molecular flexibility index (Phi) is 6.28. The van der Waals surface area contributed by atoms with Crippen LogP contribution in [0, 0.1) is 0 Å². The average molecular weight is 491 g/mol. The van der Waals surface area contributed by atoms with Crippen molar-refractivity contribution in [3.8, 4) is 5.75 Å². The molecule has 10 heteroatoms. The average Bonchev–Trinajstić information content (AvgIpc) is 3.62. The number of anilines is 1. The lowest BCUT2D eigenvalue weighted by Gasteiger charge is -2.09. The second-order valence-electron chi connectivity index (χ2n) is 8.06. The van der Waals surface area contributed by atoms with E-state index in [0.29, 0.717) is 40.2 Å². The maximum Gasteiger partial charge on any atom is 0.338 e. The molecule has 2 aromatic heterocycles. The molecule has 0 spiro atoms. The molecule has 0 bridgehead atoms. The van der Waals surface area contributed by atoms with E-state index in [2.05, 4.69) is 15.4 Å². The van der Waals surface area contributed by atoms with Crippen LogP contribution in [-0.4, -0.2) is 33.1 Å². The minimum atomic E-state index is -0.591. The van der Waals surface area contributed by atoms with Crippen molar-refractivity contribution in [2.75, 3.05) is 11.9 Å². The zero-order valence-electron chi connectivity index (χ0n) is 18.9. The van der Waals surface area contributed by atoms with Gasteiger partial charge < -0.3 is 14.8 Å². The number of nitrogens with zero attached hydrogens (tertiary/aromatic N) is 3. The summed E-state index contributed by atoms with van der Waals surface area (Å²) in [7, 11) is 0. The molecule has 9 nitrogen and oxygen atoms in total. The first-order valence-electron chi connectivity index (χ1n) is 11.2. The summed E-state index contributed by atoms with van der Waals surface area (Å²) in [6, 6.07) is 14.6. The van der Waals surface area contributed by atoms with Crippen molar-refractivity contribution in [1.82, 2.24) is 14.6 Å². The van der Waals surface area contributed by atoms with E-state index in [4.69, 9.17) is 9.47 Å². The number of carbonyl (C=O) groups is 2. The molecule has 0 atom stereocenters. The number of ether oxygens (including phenoxy) is 2. The second kappa shape index (κ2) is 9.67. The minimum absolute atomic E-state index is 0.149. The molecule has 178 valence electrons. The molecule has 2 aromatic carbocycles. The Hall–Kier alpha value is -4.05. The van der Waals surface area contributed by atoms with E-state index in [1.54, 1.807) is 42.5 Å². The molecular formula is C25H22N4O5S. The van der Waals surface area contributed by atoms with Crippen LogP contribution in [0.3, 0.4) is 0 Å². The van der Waals surface area contributed by atoms with E-state index in [9.17, 15) is 14.4 Å². The number of hydrogen-bond acceptors (Lipinski definition) is 8. The zero-order chi connectivity index (χ0) is 24.4. The van der Waals surface area contributed by atoms with Gasteiger partial charge in [-0.15, -0.1) is 0 Å². The van der Waals surface area contributed by atoms with Crippen molar-refractivity contribution in [3.05, 3.63) is 86.8 Å². The van der Waals surface area contributed by atoms with Gasteiger partial charge in [0.15, 0.2) is 0 Å². The molecular weight excluding hydrogens is 468 g/mol. The first-order valence-corrected chi connectivity index (χ1v) is 12.0. The minimum Gasteiger partial charge on any atom is -0.494 e. The summed E-state index contributed by atoms with van der Waals surface area (Å²) in [6.07, 6.45) is 2.16. The van der Waals surface area contributed by atoms with E-state index < -0.39 is 5.97 Å². The molecule has 0 saturated heterocycles. The molecule has 1 fully saturated rings. The molecule has 5 rings (SSSR count). The molecule has 1 N–H and O–H groups in total. The highest BCUT2D eigenvalue weighted by Crippen LogP contribution is 2.41. The summed E-state index contributed by atoms with van der Waals surface area (Å²) >= 11 is 1.39. The van der Waals surface area contributed by atoms with Crippen molar-refractivity contribution in [1.29, 1.82) is 0 Å². The number of carbonyl (C=O) groups excluding carboxylic acids is 2. The number of esters is 1. The van der Waals surface area contributed by atoms with Gasteiger partial charge in [-0.2, -0.15) is 9.61 Å². The van der Waals surface area contributed by atoms with Crippen molar-refractivity contribution in [2.24, 2.45) is 0 Å². The quantitative estimate of drug-likeness (QED) is 0.371. The van der Waals surface area contributed by atoms with Crippen LogP contribution in [0.5, 0.6) is 5.75 Å². The monoisotopic (exact) mass is 490 g/mol. The van der Waals surface area contributed by atoms with Crippen molar-refractivity contribution in [2.45, 2.75) is 32.3 Å². The Balaban J connectivity index is 1.23. The summed E-state index contributed by atoms with van der Waals surface area (Å²) in [5, 5.41) is 8.02. The van der Waals surface area contributed by atoms with Crippen molar-refractivity contribution in [3.63, 3.8) is 0 Å². The largest absolute Gasteiger partial charge is 0.494 e. The maximum atomic E-state index is 12.6. The lowest BCUT2D eigenvalue weighted by Crippen LogP contribution is -2.17. The normalized spacial score (nSPS) is 12.9. The van der Waals surface area contributed by atoms with Gasteiger partial charge in [0.2, 0.25) is 4.96 Å². The van der Waals surface area contributed by atoms with Crippen LogP contribution in [0.2, 0.25) is 0 Å². The Morgan fingerprint density at radius 1 is 1.11 bits per heavy atom. The lowest BCUT2D eigenvalue weighted by molar-refractivity contribution is 0.0467. The van der Waals surface area contributed by atoms with E-state index in [-0.39, 0.29) is 23.6 Å². The summed E-state index contributed by atoms with van der Waals surface area (Å²) < 4.78 is 12.1. The van der Waals surface area contributed by atoms with Crippen molar-refractivity contribution >= 4 is 33.9 Å². The van der Waals surface area contributed by atoms with Gasteiger partial charge in [-0.1, -0.05) is 17.4 Å².